The third kappa shape index (κ3) is 3.35. The molecule has 0 aliphatic carbocycles. The molecule has 1 unspecified atom stereocenters. The van der Waals surface area contributed by atoms with Crippen molar-refractivity contribution in [1.82, 2.24) is 0 Å². The minimum Gasteiger partial charge on any atom is -0.463 e. The molecule has 0 spiro atoms. The van der Waals surface area contributed by atoms with Crippen molar-refractivity contribution < 1.29 is 19.1 Å². The molecule has 0 saturated carbocycles. The van der Waals surface area contributed by atoms with Crippen LogP contribution in [0.15, 0.2) is 53.0 Å². The number of ether oxygens (including phenoxy) is 1. The van der Waals surface area contributed by atoms with Gasteiger partial charge in [0.25, 0.3) is 0 Å². The Balaban J connectivity index is 2.22. The normalized spacial score (nSPS) is 12.0. The minimum absolute atomic E-state index is 0.0723. The van der Waals surface area contributed by atoms with Crippen LogP contribution in [0.3, 0.4) is 0 Å². The lowest BCUT2D eigenvalue weighted by atomic mass is 10.1. The lowest BCUT2D eigenvalue weighted by molar-refractivity contribution is -0.139. The number of rotatable bonds is 5. The Labute approximate surface area is 127 Å². The number of halogens is 1. The standard InChI is InChI=1S/C16H15ClO4/c1-3-20-16(19)10(2)15(18)14-9-8-13(21-14)11-6-4-5-7-12(11)17/h4-9,15,18H,2-3H2,1H3. The first kappa shape index (κ1) is 15.4. The van der Waals surface area contributed by atoms with E-state index < -0.39 is 12.1 Å². The summed E-state index contributed by atoms with van der Waals surface area (Å²) in [5.41, 5.74) is 0.635. The molecule has 1 aromatic heterocycles. The van der Waals surface area contributed by atoms with Gasteiger partial charge in [-0.15, -0.1) is 0 Å². The SMILES string of the molecule is C=C(C(=O)OCC)C(O)c1ccc(-c2ccccc2Cl)o1. The fraction of sp³-hybridized carbons (Fsp3) is 0.188. The molecule has 0 aliphatic rings. The summed E-state index contributed by atoms with van der Waals surface area (Å²) in [5, 5.41) is 10.6. The van der Waals surface area contributed by atoms with Gasteiger partial charge in [0, 0.05) is 5.56 Å². The monoisotopic (exact) mass is 306 g/mol. The predicted octanol–water partition coefficient (Wildman–Crippen LogP) is 3.75. The van der Waals surface area contributed by atoms with Crippen molar-refractivity contribution in [3.05, 3.63) is 59.3 Å². The number of esters is 1. The van der Waals surface area contributed by atoms with Gasteiger partial charge < -0.3 is 14.3 Å². The van der Waals surface area contributed by atoms with Crippen LogP contribution in [0.25, 0.3) is 11.3 Å². The molecule has 5 heteroatoms. The number of carbonyl (C=O) groups is 1. The molecular weight excluding hydrogens is 292 g/mol. The van der Waals surface area contributed by atoms with Gasteiger partial charge in [0.2, 0.25) is 0 Å². The number of carbonyl (C=O) groups excluding carboxylic acids is 1. The van der Waals surface area contributed by atoms with Gasteiger partial charge in [-0.2, -0.15) is 0 Å². The molecule has 2 rings (SSSR count). The summed E-state index contributed by atoms with van der Waals surface area (Å²) in [6, 6.07) is 10.4. The molecule has 0 fully saturated rings. The Kier molecular flexibility index (Phi) is 4.83. The zero-order chi connectivity index (χ0) is 15.4. The van der Waals surface area contributed by atoms with Crippen molar-refractivity contribution in [3.8, 4) is 11.3 Å². The molecule has 0 bridgehead atoms. The number of aliphatic hydroxyl groups excluding tert-OH is 1. The Morgan fingerprint density at radius 2 is 2.10 bits per heavy atom. The first-order valence-electron chi connectivity index (χ1n) is 6.43. The lowest BCUT2D eigenvalue weighted by Gasteiger charge is -2.10. The minimum atomic E-state index is -1.25. The van der Waals surface area contributed by atoms with Crippen LogP contribution in [-0.2, 0) is 9.53 Å². The van der Waals surface area contributed by atoms with Gasteiger partial charge in [0.05, 0.1) is 17.2 Å². The maximum Gasteiger partial charge on any atom is 0.336 e. The van der Waals surface area contributed by atoms with Crippen LogP contribution in [0.5, 0.6) is 0 Å². The number of benzene rings is 1. The molecule has 0 amide bonds. The maximum absolute atomic E-state index is 11.5. The summed E-state index contributed by atoms with van der Waals surface area (Å²) in [4.78, 5) is 11.5. The Morgan fingerprint density at radius 3 is 2.76 bits per heavy atom. The van der Waals surface area contributed by atoms with Crippen LogP contribution >= 0.6 is 11.6 Å². The largest absolute Gasteiger partial charge is 0.463 e. The van der Waals surface area contributed by atoms with E-state index in [9.17, 15) is 9.90 Å². The smallest absolute Gasteiger partial charge is 0.336 e. The molecule has 0 radical (unpaired) electrons. The first-order chi connectivity index (χ1) is 10.0. The van der Waals surface area contributed by atoms with Crippen LogP contribution in [-0.4, -0.2) is 17.7 Å². The third-order valence-corrected chi connectivity index (χ3v) is 3.23. The van der Waals surface area contributed by atoms with E-state index >= 15 is 0 Å². The summed E-state index contributed by atoms with van der Waals surface area (Å²) in [6.45, 7) is 5.43. The van der Waals surface area contributed by atoms with Crippen molar-refractivity contribution in [3.63, 3.8) is 0 Å². The van der Waals surface area contributed by atoms with E-state index in [0.717, 1.165) is 0 Å². The number of hydrogen-bond donors (Lipinski definition) is 1. The molecule has 21 heavy (non-hydrogen) atoms. The average Bonchev–Trinajstić information content (AvgIpc) is 2.96. The van der Waals surface area contributed by atoms with Gasteiger partial charge >= 0.3 is 5.97 Å². The molecule has 1 atom stereocenters. The van der Waals surface area contributed by atoms with Crippen LogP contribution in [0.2, 0.25) is 5.02 Å². The summed E-state index contributed by atoms with van der Waals surface area (Å²) in [5.74, 6) is 0.0648. The van der Waals surface area contributed by atoms with Crippen molar-refractivity contribution in [2.45, 2.75) is 13.0 Å². The molecule has 4 nitrogen and oxygen atoms in total. The van der Waals surface area contributed by atoms with Gasteiger partial charge in [-0.1, -0.05) is 30.3 Å². The van der Waals surface area contributed by atoms with Crippen LogP contribution < -0.4 is 0 Å². The second-order valence-electron chi connectivity index (χ2n) is 4.33. The Bertz CT molecular complexity index is 660. The molecule has 1 N–H and O–H groups in total. The van der Waals surface area contributed by atoms with E-state index in [1.54, 1.807) is 31.2 Å². The quantitative estimate of drug-likeness (QED) is 0.675. The van der Waals surface area contributed by atoms with E-state index in [2.05, 4.69) is 6.58 Å². The molecular formula is C16H15ClO4. The summed E-state index contributed by atoms with van der Waals surface area (Å²) in [7, 11) is 0. The van der Waals surface area contributed by atoms with Crippen LogP contribution in [0.4, 0.5) is 0 Å². The number of aliphatic hydroxyl groups is 1. The third-order valence-electron chi connectivity index (χ3n) is 2.90. The first-order valence-corrected chi connectivity index (χ1v) is 6.81. The Hall–Kier alpha value is -2.04. The lowest BCUT2D eigenvalue weighted by Crippen LogP contribution is -2.13. The number of furan rings is 1. The van der Waals surface area contributed by atoms with Gasteiger partial charge in [0.15, 0.2) is 0 Å². The fourth-order valence-electron chi connectivity index (χ4n) is 1.81. The molecule has 0 saturated heterocycles. The van der Waals surface area contributed by atoms with Gasteiger partial charge in [-0.3, -0.25) is 0 Å². The second-order valence-corrected chi connectivity index (χ2v) is 4.74. The van der Waals surface area contributed by atoms with E-state index in [4.69, 9.17) is 20.8 Å². The summed E-state index contributed by atoms with van der Waals surface area (Å²) in [6.07, 6.45) is -1.25. The van der Waals surface area contributed by atoms with Gasteiger partial charge in [-0.25, -0.2) is 4.79 Å². The highest BCUT2D eigenvalue weighted by molar-refractivity contribution is 6.33. The molecule has 1 heterocycles. The molecule has 110 valence electrons. The highest BCUT2D eigenvalue weighted by atomic mass is 35.5. The van der Waals surface area contributed by atoms with E-state index in [1.165, 1.54) is 0 Å². The highest BCUT2D eigenvalue weighted by Gasteiger charge is 2.23. The van der Waals surface area contributed by atoms with Crippen molar-refractivity contribution in [1.29, 1.82) is 0 Å². The second kappa shape index (κ2) is 6.61. The molecule has 0 aliphatic heterocycles. The predicted molar refractivity (Wildman–Crippen MR) is 79.9 cm³/mol. The van der Waals surface area contributed by atoms with E-state index in [0.29, 0.717) is 16.3 Å². The van der Waals surface area contributed by atoms with Crippen molar-refractivity contribution in [2.24, 2.45) is 0 Å². The fourth-order valence-corrected chi connectivity index (χ4v) is 2.04. The summed E-state index contributed by atoms with van der Waals surface area (Å²) < 4.78 is 10.4. The average molecular weight is 307 g/mol. The topological polar surface area (TPSA) is 59.7 Å². The van der Waals surface area contributed by atoms with Crippen molar-refractivity contribution >= 4 is 17.6 Å². The molecule has 1 aromatic carbocycles. The van der Waals surface area contributed by atoms with Crippen molar-refractivity contribution in [2.75, 3.05) is 6.61 Å². The van der Waals surface area contributed by atoms with Crippen LogP contribution in [0, 0.1) is 0 Å². The van der Waals surface area contributed by atoms with E-state index in [-0.39, 0.29) is 17.9 Å². The van der Waals surface area contributed by atoms with Gasteiger partial charge in [-0.05, 0) is 31.2 Å². The zero-order valence-corrected chi connectivity index (χ0v) is 12.3. The Morgan fingerprint density at radius 1 is 1.38 bits per heavy atom. The zero-order valence-electron chi connectivity index (χ0n) is 11.5. The maximum atomic E-state index is 11.5. The molecule has 2 aromatic rings. The summed E-state index contributed by atoms with van der Waals surface area (Å²) >= 11 is 6.09. The van der Waals surface area contributed by atoms with Gasteiger partial charge in [0.1, 0.15) is 17.6 Å². The highest BCUT2D eigenvalue weighted by Crippen LogP contribution is 2.32. The van der Waals surface area contributed by atoms with Crippen LogP contribution in [0.1, 0.15) is 18.8 Å². The van der Waals surface area contributed by atoms with E-state index in [1.807, 2.05) is 12.1 Å². The number of hydrogen-bond acceptors (Lipinski definition) is 4.